The maximum absolute atomic E-state index is 11.9. The molecule has 0 bridgehead atoms. The van der Waals surface area contributed by atoms with Crippen LogP contribution in [0.1, 0.15) is 5.56 Å². The fraction of sp³-hybridized carbons (Fsp3) is 0.263. The molecule has 0 saturated heterocycles. The monoisotopic (exact) mass is 452 g/mol. The Hall–Kier alpha value is -2.94. The van der Waals surface area contributed by atoms with E-state index in [0.717, 1.165) is 0 Å². The molecule has 28 heavy (non-hydrogen) atoms. The number of nitrogens with zero attached hydrogens (tertiary/aromatic N) is 1. The maximum atomic E-state index is 11.9. The van der Waals surface area contributed by atoms with Gasteiger partial charge in [0.25, 0.3) is 5.91 Å². The van der Waals surface area contributed by atoms with Crippen molar-refractivity contribution in [3.63, 3.8) is 0 Å². The van der Waals surface area contributed by atoms with Crippen molar-refractivity contribution in [3.8, 4) is 28.7 Å². The smallest absolute Gasteiger partial charge is 0.277 e. The maximum Gasteiger partial charge on any atom is 0.277 e. The zero-order valence-electron chi connectivity index (χ0n) is 15.9. The first-order valence-electron chi connectivity index (χ1n) is 8.10. The third-order valence-electron chi connectivity index (χ3n) is 3.59. The Kier molecular flexibility index (Phi) is 7.94. The minimum absolute atomic E-state index is 0.197. The Morgan fingerprint density at radius 2 is 1.68 bits per heavy atom. The molecule has 9 heteroatoms. The van der Waals surface area contributed by atoms with Gasteiger partial charge in [0.2, 0.25) is 5.75 Å². The van der Waals surface area contributed by atoms with Crippen molar-refractivity contribution in [2.75, 3.05) is 35.0 Å². The summed E-state index contributed by atoms with van der Waals surface area (Å²) in [5.74, 6) is 2.24. The van der Waals surface area contributed by atoms with E-state index in [1.54, 1.807) is 37.4 Å². The van der Waals surface area contributed by atoms with Crippen molar-refractivity contribution >= 4 is 28.1 Å². The number of benzene rings is 2. The van der Waals surface area contributed by atoms with Gasteiger partial charge >= 0.3 is 0 Å². The lowest BCUT2D eigenvalue weighted by Gasteiger charge is -2.12. The van der Waals surface area contributed by atoms with Crippen molar-refractivity contribution in [1.82, 2.24) is 5.43 Å². The van der Waals surface area contributed by atoms with Crippen molar-refractivity contribution < 1.29 is 28.5 Å². The van der Waals surface area contributed by atoms with Crippen LogP contribution in [0.3, 0.4) is 0 Å². The largest absolute Gasteiger partial charge is 0.497 e. The Bertz CT molecular complexity index is 831. The van der Waals surface area contributed by atoms with E-state index in [-0.39, 0.29) is 6.61 Å². The average Bonchev–Trinajstić information content (AvgIpc) is 2.71. The number of amides is 1. The van der Waals surface area contributed by atoms with E-state index >= 15 is 0 Å². The quantitative estimate of drug-likeness (QED) is 0.464. The van der Waals surface area contributed by atoms with Crippen LogP contribution in [0.5, 0.6) is 28.7 Å². The molecule has 1 amide bonds. The molecule has 0 spiro atoms. The van der Waals surface area contributed by atoms with Gasteiger partial charge < -0.3 is 23.7 Å². The molecule has 0 fully saturated rings. The van der Waals surface area contributed by atoms with E-state index in [9.17, 15) is 4.79 Å². The molecular weight excluding hydrogens is 432 g/mol. The minimum Gasteiger partial charge on any atom is -0.497 e. The molecule has 0 radical (unpaired) electrons. The van der Waals surface area contributed by atoms with Crippen molar-refractivity contribution in [2.45, 2.75) is 0 Å². The fourth-order valence-corrected chi connectivity index (χ4v) is 2.73. The number of rotatable bonds is 9. The Morgan fingerprint density at radius 1 is 1.00 bits per heavy atom. The third-order valence-corrected chi connectivity index (χ3v) is 4.21. The molecule has 0 aliphatic carbocycles. The number of carbonyl (C=O) groups excluding carboxylic acids is 1. The topological polar surface area (TPSA) is 87.6 Å². The van der Waals surface area contributed by atoms with E-state index < -0.39 is 5.91 Å². The first kappa shape index (κ1) is 21.4. The number of carbonyl (C=O) groups is 1. The molecule has 0 saturated carbocycles. The zero-order chi connectivity index (χ0) is 20.5. The van der Waals surface area contributed by atoms with Gasteiger partial charge in [-0.3, -0.25) is 4.79 Å². The molecule has 150 valence electrons. The summed E-state index contributed by atoms with van der Waals surface area (Å²) >= 11 is 3.36. The molecule has 2 aromatic carbocycles. The predicted molar refractivity (Wildman–Crippen MR) is 108 cm³/mol. The van der Waals surface area contributed by atoms with Crippen molar-refractivity contribution in [1.29, 1.82) is 0 Å². The highest BCUT2D eigenvalue weighted by Gasteiger charge is 2.12. The van der Waals surface area contributed by atoms with Crippen LogP contribution in [0, 0.1) is 0 Å². The van der Waals surface area contributed by atoms with Gasteiger partial charge in [-0.15, -0.1) is 0 Å². The molecule has 0 atom stereocenters. The number of ether oxygens (including phenoxy) is 5. The molecule has 2 rings (SSSR count). The zero-order valence-corrected chi connectivity index (χ0v) is 17.5. The molecule has 0 aliphatic rings. The van der Waals surface area contributed by atoms with E-state index in [4.69, 9.17) is 23.7 Å². The first-order valence-corrected chi connectivity index (χ1v) is 8.90. The second kappa shape index (κ2) is 10.4. The summed E-state index contributed by atoms with van der Waals surface area (Å²) in [6.07, 6.45) is 1.46. The number of methoxy groups -OCH3 is 4. The third kappa shape index (κ3) is 5.53. The summed E-state index contributed by atoms with van der Waals surface area (Å²) in [4.78, 5) is 11.9. The Balaban J connectivity index is 1.96. The molecule has 0 heterocycles. The van der Waals surface area contributed by atoms with Gasteiger partial charge in [0, 0.05) is 5.56 Å². The van der Waals surface area contributed by atoms with E-state index in [2.05, 4.69) is 26.5 Å². The first-order chi connectivity index (χ1) is 13.5. The van der Waals surface area contributed by atoms with Gasteiger partial charge in [-0.1, -0.05) is 0 Å². The van der Waals surface area contributed by atoms with Crippen LogP contribution in [0.2, 0.25) is 0 Å². The van der Waals surface area contributed by atoms with Gasteiger partial charge in [-0.05, 0) is 46.3 Å². The second-order valence-corrected chi connectivity index (χ2v) is 6.19. The summed E-state index contributed by atoms with van der Waals surface area (Å²) in [6.45, 7) is -0.197. The molecule has 0 aliphatic heterocycles. The van der Waals surface area contributed by atoms with Crippen LogP contribution in [0.15, 0.2) is 39.9 Å². The number of halogens is 1. The Labute approximate surface area is 171 Å². The van der Waals surface area contributed by atoms with Crippen LogP contribution in [0.25, 0.3) is 0 Å². The Morgan fingerprint density at radius 3 is 2.21 bits per heavy atom. The molecule has 1 N–H and O–H groups in total. The van der Waals surface area contributed by atoms with E-state index in [1.165, 1.54) is 27.5 Å². The van der Waals surface area contributed by atoms with Crippen LogP contribution in [-0.4, -0.2) is 47.2 Å². The lowest BCUT2D eigenvalue weighted by Crippen LogP contribution is -2.24. The van der Waals surface area contributed by atoms with Crippen LogP contribution >= 0.6 is 15.9 Å². The molecule has 2 aromatic rings. The number of hydrogen-bond donors (Lipinski definition) is 1. The van der Waals surface area contributed by atoms with Gasteiger partial charge in [-0.25, -0.2) is 5.43 Å². The van der Waals surface area contributed by atoms with E-state index in [0.29, 0.717) is 38.8 Å². The predicted octanol–water partition coefficient (Wildman–Crippen LogP) is 3.01. The normalized spacial score (nSPS) is 10.5. The van der Waals surface area contributed by atoms with Crippen LogP contribution in [0.4, 0.5) is 0 Å². The number of hydrazone groups is 1. The van der Waals surface area contributed by atoms with Gasteiger partial charge in [0.05, 0.1) is 39.1 Å². The second-order valence-electron chi connectivity index (χ2n) is 5.34. The summed E-state index contributed by atoms with van der Waals surface area (Å²) in [5, 5.41) is 3.92. The molecule has 0 aromatic heterocycles. The highest BCUT2D eigenvalue weighted by atomic mass is 79.9. The molecule has 8 nitrogen and oxygen atoms in total. The highest BCUT2D eigenvalue weighted by Crippen LogP contribution is 2.37. The van der Waals surface area contributed by atoms with Crippen LogP contribution < -0.4 is 29.1 Å². The van der Waals surface area contributed by atoms with Crippen molar-refractivity contribution in [3.05, 3.63) is 40.4 Å². The number of hydrogen-bond acceptors (Lipinski definition) is 7. The lowest BCUT2D eigenvalue weighted by atomic mass is 10.2. The highest BCUT2D eigenvalue weighted by molar-refractivity contribution is 9.10. The van der Waals surface area contributed by atoms with Gasteiger partial charge in [0.1, 0.15) is 11.5 Å². The fourth-order valence-electron chi connectivity index (χ4n) is 2.26. The molecule has 0 unspecified atom stereocenters. The SMILES string of the molecule is COc1ccc(OCC(=O)N/N=C\c2cc(OC)c(OC)c(OC)c2)c(Br)c1. The summed E-state index contributed by atoms with van der Waals surface area (Å²) in [6, 6.07) is 8.61. The minimum atomic E-state index is -0.411. The summed E-state index contributed by atoms with van der Waals surface area (Å²) in [5.41, 5.74) is 3.06. The van der Waals surface area contributed by atoms with Crippen LogP contribution in [-0.2, 0) is 4.79 Å². The van der Waals surface area contributed by atoms with Crippen molar-refractivity contribution in [2.24, 2.45) is 5.10 Å². The summed E-state index contributed by atoms with van der Waals surface area (Å²) < 4.78 is 27.1. The average molecular weight is 453 g/mol. The number of nitrogens with one attached hydrogen (secondary N) is 1. The van der Waals surface area contributed by atoms with E-state index in [1.807, 2.05) is 0 Å². The molecular formula is C19H21BrN2O6. The van der Waals surface area contributed by atoms with Gasteiger partial charge in [0.15, 0.2) is 18.1 Å². The summed E-state index contributed by atoms with van der Waals surface area (Å²) in [7, 11) is 6.14. The van der Waals surface area contributed by atoms with Gasteiger partial charge in [-0.2, -0.15) is 5.10 Å². The standard InChI is InChI=1S/C19H21BrN2O6/c1-24-13-5-6-15(14(20)9-13)28-11-18(23)22-21-10-12-7-16(25-2)19(27-4)17(8-12)26-3/h5-10H,11H2,1-4H3,(H,22,23)/b21-10-. The lowest BCUT2D eigenvalue weighted by molar-refractivity contribution is -0.123.